The predicted molar refractivity (Wildman–Crippen MR) is 70.8 cm³/mol. The first-order valence-electron chi connectivity index (χ1n) is 6.32. The van der Waals surface area contributed by atoms with Gasteiger partial charge in [0.15, 0.2) is 0 Å². The maximum Gasteiger partial charge on any atom is 0.356 e. The number of rotatable bonds is 6. The van der Waals surface area contributed by atoms with Crippen LogP contribution in [-0.2, 0) is 16.1 Å². The lowest BCUT2D eigenvalue weighted by Crippen LogP contribution is -2.30. The van der Waals surface area contributed by atoms with E-state index in [2.05, 4.69) is 28.9 Å². The molecule has 0 aliphatic rings. The molecule has 0 unspecified atom stereocenters. The fraction of sp³-hybridized carbons (Fsp3) is 0.615. The second kappa shape index (κ2) is 6.92. The molecule has 0 aliphatic carbocycles. The van der Waals surface area contributed by atoms with Crippen molar-refractivity contribution in [1.29, 1.82) is 0 Å². The fourth-order valence-corrected chi connectivity index (χ4v) is 1.64. The zero-order chi connectivity index (χ0) is 14.4. The quantitative estimate of drug-likeness (QED) is 0.784. The van der Waals surface area contributed by atoms with Crippen molar-refractivity contribution in [3.8, 4) is 0 Å². The van der Waals surface area contributed by atoms with E-state index in [9.17, 15) is 9.59 Å². The average Bonchev–Trinajstić information content (AvgIpc) is 2.70. The molecule has 0 aliphatic heterocycles. The van der Waals surface area contributed by atoms with Crippen LogP contribution in [-0.4, -0.2) is 35.1 Å². The molecule has 0 bridgehead atoms. The summed E-state index contributed by atoms with van der Waals surface area (Å²) in [6.45, 7) is 6.66. The third kappa shape index (κ3) is 4.39. The Morgan fingerprint density at radius 2 is 2.16 bits per heavy atom. The predicted octanol–water partition coefficient (Wildman–Crippen LogP) is 1.14. The Hall–Kier alpha value is -1.85. The number of hydrogen-bond acceptors (Lipinski definition) is 4. The molecule has 6 heteroatoms. The molecular formula is C13H21N3O3. The van der Waals surface area contributed by atoms with Crippen molar-refractivity contribution in [2.75, 3.05) is 13.7 Å². The van der Waals surface area contributed by atoms with E-state index in [0.29, 0.717) is 24.0 Å². The van der Waals surface area contributed by atoms with Crippen LogP contribution in [0.4, 0.5) is 0 Å². The largest absolute Gasteiger partial charge is 0.464 e. The molecule has 1 amide bonds. The minimum Gasteiger partial charge on any atom is -0.464 e. The molecule has 19 heavy (non-hydrogen) atoms. The Morgan fingerprint density at radius 1 is 1.47 bits per heavy atom. The Bertz CT molecular complexity index is 452. The summed E-state index contributed by atoms with van der Waals surface area (Å²) in [7, 11) is 1.30. The van der Waals surface area contributed by atoms with E-state index in [1.54, 1.807) is 11.5 Å². The molecule has 106 valence electrons. The number of aromatic nitrogens is 2. The zero-order valence-corrected chi connectivity index (χ0v) is 11.9. The summed E-state index contributed by atoms with van der Waals surface area (Å²) < 4.78 is 6.21. The van der Waals surface area contributed by atoms with Gasteiger partial charge in [-0.1, -0.05) is 13.8 Å². The topological polar surface area (TPSA) is 73.2 Å². The highest BCUT2D eigenvalue weighted by Gasteiger charge is 2.16. The van der Waals surface area contributed by atoms with Gasteiger partial charge in [0.1, 0.15) is 18.1 Å². The highest BCUT2D eigenvalue weighted by Crippen LogP contribution is 2.06. The van der Waals surface area contributed by atoms with E-state index in [4.69, 9.17) is 0 Å². The highest BCUT2D eigenvalue weighted by molar-refractivity contribution is 5.88. The van der Waals surface area contributed by atoms with Crippen molar-refractivity contribution in [2.24, 2.45) is 5.92 Å². The third-order valence-corrected chi connectivity index (χ3v) is 2.80. The number of nitrogens with zero attached hydrogens (tertiary/aromatic N) is 2. The van der Waals surface area contributed by atoms with Crippen molar-refractivity contribution in [3.05, 3.63) is 17.7 Å². The number of carbonyl (C=O) groups is 2. The summed E-state index contributed by atoms with van der Waals surface area (Å²) in [4.78, 5) is 27.3. The molecule has 0 aromatic carbocycles. The number of methoxy groups -OCH3 is 1. The SMILES string of the molecule is COC(=O)c1cnc(C)n1CC(=O)NCCC(C)C. The van der Waals surface area contributed by atoms with Crippen LogP contribution in [0.1, 0.15) is 36.6 Å². The normalized spacial score (nSPS) is 10.6. The molecule has 0 fully saturated rings. The van der Waals surface area contributed by atoms with E-state index in [-0.39, 0.29) is 12.5 Å². The first-order chi connectivity index (χ1) is 8.95. The Kier molecular flexibility index (Phi) is 5.54. The lowest BCUT2D eigenvalue weighted by molar-refractivity contribution is -0.121. The molecule has 1 N–H and O–H groups in total. The van der Waals surface area contributed by atoms with E-state index >= 15 is 0 Å². The van der Waals surface area contributed by atoms with E-state index < -0.39 is 5.97 Å². The first kappa shape index (κ1) is 15.2. The van der Waals surface area contributed by atoms with Crippen LogP contribution >= 0.6 is 0 Å². The minimum atomic E-state index is -0.490. The van der Waals surface area contributed by atoms with Crippen molar-refractivity contribution in [1.82, 2.24) is 14.9 Å². The van der Waals surface area contributed by atoms with Gasteiger partial charge in [0, 0.05) is 6.54 Å². The van der Waals surface area contributed by atoms with Gasteiger partial charge in [0.25, 0.3) is 0 Å². The summed E-state index contributed by atoms with van der Waals surface area (Å²) >= 11 is 0. The van der Waals surface area contributed by atoms with Crippen LogP contribution in [0.15, 0.2) is 6.20 Å². The molecule has 0 saturated carbocycles. The van der Waals surface area contributed by atoms with Gasteiger partial charge in [-0.3, -0.25) is 4.79 Å². The minimum absolute atomic E-state index is 0.0777. The van der Waals surface area contributed by atoms with Gasteiger partial charge in [-0.15, -0.1) is 0 Å². The van der Waals surface area contributed by atoms with E-state index in [1.807, 2.05) is 0 Å². The summed E-state index contributed by atoms with van der Waals surface area (Å²) in [6, 6.07) is 0. The van der Waals surface area contributed by atoms with E-state index in [1.165, 1.54) is 13.3 Å². The standard InChI is InChI=1S/C13H21N3O3/c1-9(2)5-6-14-12(17)8-16-10(3)15-7-11(16)13(18)19-4/h7,9H,5-6,8H2,1-4H3,(H,14,17). The third-order valence-electron chi connectivity index (χ3n) is 2.80. The number of aryl methyl sites for hydroxylation is 1. The van der Waals surface area contributed by atoms with Gasteiger partial charge < -0.3 is 14.6 Å². The maximum atomic E-state index is 11.8. The van der Waals surface area contributed by atoms with Crippen molar-refractivity contribution >= 4 is 11.9 Å². The van der Waals surface area contributed by atoms with Crippen LogP contribution in [0.2, 0.25) is 0 Å². The summed E-state index contributed by atoms with van der Waals surface area (Å²) in [6.07, 6.45) is 2.35. The van der Waals surface area contributed by atoms with Crippen LogP contribution in [0, 0.1) is 12.8 Å². The molecule has 1 rings (SSSR count). The van der Waals surface area contributed by atoms with Gasteiger partial charge in [-0.25, -0.2) is 9.78 Å². The number of esters is 1. The Morgan fingerprint density at radius 3 is 2.74 bits per heavy atom. The number of imidazole rings is 1. The Balaban J connectivity index is 2.63. The monoisotopic (exact) mass is 267 g/mol. The zero-order valence-electron chi connectivity index (χ0n) is 11.9. The van der Waals surface area contributed by atoms with Gasteiger partial charge in [-0.05, 0) is 19.3 Å². The molecule has 6 nitrogen and oxygen atoms in total. The van der Waals surface area contributed by atoms with Gasteiger partial charge in [-0.2, -0.15) is 0 Å². The molecule has 0 radical (unpaired) electrons. The molecule has 0 spiro atoms. The van der Waals surface area contributed by atoms with E-state index in [0.717, 1.165) is 6.42 Å². The van der Waals surface area contributed by atoms with Crippen LogP contribution in [0.3, 0.4) is 0 Å². The van der Waals surface area contributed by atoms with Crippen molar-refractivity contribution in [2.45, 2.75) is 33.7 Å². The maximum absolute atomic E-state index is 11.8. The molecular weight excluding hydrogens is 246 g/mol. The summed E-state index contributed by atoms with van der Waals surface area (Å²) in [5, 5.41) is 2.82. The number of hydrogen-bond donors (Lipinski definition) is 1. The van der Waals surface area contributed by atoms with Gasteiger partial charge in [0.05, 0.1) is 13.3 Å². The van der Waals surface area contributed by atoms with Crippen molar-refractivity contribution in [3.63, 3.8) is 0 Å². The smallest absolute Gasteiger partial charge is 0.356 e. The molecule has 0 atom stereocenters. The second-order valence-corrected chi connectivity index (χ2v) is 4.80. The second-order valence-electron chi connectivity index (χ2n) is 4.80. The molecule has 0 saturated heterocycles. The average molecular weight is 267 g/mol. The fourth-order valence-electron chi connectivity index (χ4n) is 1.64. The highest BCUT2D eigenvalue weighted by atomic mass is 16.5. The number of ether oxygens (including phenoxy) is 1. The van der Waals surface area contributed by atoms with Gasteiger partial charge in [0.2, 0.25) is 5.91 Å². The number of carbonyl (C=O) groups excluding carboxylic acids is 2. The number of amides is 1. The first-order valence-corrected chi connectivity index (χ1v) is 6.32. The summed E-state index contributed by atoms with van der Waals surface area (Å²) in [5.74, 6) is 0.530. The Labute approximate surface area is 113 Å². The lowest BCUT2D eigenvalue weighted by atomic mass is 10.1. The van der Waals surface area contributed by atoms with Crippen molar-refractivity contribution < 1.29 is 14.3 Å². The summed E-state index contributed by atoms with van der Waals surface area (Å²) in [5.41, 5.74) is 0.291. The lowest BCUT2D eigenvalue weighted by Gasteiger charge is -2.10. The molecule has 1 aromatic rings. The van der Waals surface area contributed by atoms with Gasteiger partial charge >= 0.3 is 5.97 Å². The number of nitrogens with one attached hydrogen (secondary N) is 1. The van der Waals surface area contributed by atoms with Crippen LogP contribution in [0.25, 0.3) is 0 Å². The molecule has 1 aromatic heterocycles. The molecule has 1 heterocycles. The van der Waals surface area contributed by atoms with Crippen LogP contribution in [0.5, 0.6) is 0 Å². The van der Waals surface area contributed by atoms with Crippen LogP contribution < -0.4 is 5.32 Å².